The molecule has 0 radical (unpaired) electrons. The molecule has 0 fully saturated rings. The maximum absolute atomic E-state index is 12.7. The molecule has 0 saturated carbocycles. The van der Waals surface area contributed by atoms with Gasteiger partial charge in [-0.3, -0.25) is 4.72 Å². The summed E-state index contributed by atoms with van der Waals surface area (Å²) in [5.41, 5.74) is 2.07. The number of methoxy groups -OCH3 is 1. The molecule has 8 heteroatoms. The quantitative estimate of drug-likeness (QED) is 0.711. The molecular formula is C18H19N3O4S. The van der Waals surface area contributed by atoms with Crippen LogP contribution in [0.2, 0.25) is 0 Å². The van der Waals surface area contributed by atoms with E-state index in [1.165, 1.54) is 19.2 Å². The van der Waals surface area contributed by atoms with E-state index < -0.39 is 10.0 Å². The number of aromatic nitrogens is 2. The number of anilines is 1. The number of aryl methyl sites for hydroxylation is 2. The maximum Gasteiger partial charge on any atom is 0.261 e. The number of nitrogens with zero attached hydrogens (tertiary/aromatic N) is 2. The standard InChI is InChI=1S/C18H19N3O4S/c1-4-13-5-7-14(8-6-13)21-26(22,23)15-9-10-17(24-3)16(11-15)18-19-12(2)25-20-18/h5-11,21H,4H2,1-3H3. The molecular weight excluding hydrogens is 354 g/mol. The molecule has 7 nitrogen and oxygen atoms in total. The fraction of sp³-hybridized carbons (Fsp3) is 0.222. The zero-order valence-corrected chi connectivity index (χ0v) is 15.5. The first-order valence-electron chi connectivity index (χ1n) is 8.03. The highest BCUT2D eigenvalue weighted by Crippen LogP contribution is 2.31. The second kappa shape index (κ2) is 7.17. The van der Waals surface area contributed by atoms with Crippen molar-refractivity contribution >= 4 is 15.7 Å². The minimum atomic E-state index is -3.77. The first-order chi connectivity index (χ1) is 12.4. The molecule has 136 valence electrons. The number of sulfonamides is 1. The second-order valence-corrected chi connectivity index (χ2v) is 7.34. The Morgan fingerprint density at radius 3 is 2.46 bits per heavy atom. The Morgan fingerprint density at radius 2 is 1.88 bits per heavy atom. The molecule has 1 heterocycles. The van der Waals surface area contributed by atoms with Crippen molar-refractivity contribution in [3.63, 3.8) is 0 Å². The Hall–Kier alpha value is -2.87. The Morgan fingerprint density at radius 1 is 1.15 bits per heavy atom. The summed E-state index contributed by atoms with van der Waals surface area (Å²) in [4.78, 5) is 4.22. The van der Waals surface area contributed by atoms with E-state index in [4.69, 9.17) is 9.26 Å². The summed E-state index contributed by atoms with van der Waals surface area (Å²) in [6, 6.07) is 11.8. The Labute approximate surface area is 152 Å². The van der Waals surface area contributed by atoms with Crippen LogP contribution in [0.5, 0.6) is 5.75 Å². The van der Waals surface area contributed by atoms with Crippen LogP contribution in [-0.2, 0) is 16.4 Å². The lowest BCUT2D eigenvalue weighted by atomic mass is 10.2. The van der Waals surface area contributed by atoms with Gasteiger partial charge in [0.1, 0.15) is 5.75 Å². The third-order valence-electron chi connectivity index (χ3n) is 3.86. The van der Waals surface area contributed by atoms with Gasteiger partial charge in [0.15, 0.2) is 0 Å². The van der Waals surface area contributed by atoms with E-state index in [2.05, 4.69) is 14.9 Å². The molecule has 0 atom stereocenters. The zero-order chi connectivity index (χ0) is 18.7. The predicted molar refractivity (Wildman–Crippen MR) is 97.7 cm³/mol. The molecule has 0 aliphatic heterocycles. The summed E-state index contributed by atoms with van der Waals surface area (Å²) >= 11 is 0. The molecule has 1 N–H and O–H groups in total. The van der Waals surface area contributed by atoms with Crippen molar-refractivity contribution < 1.29 is 17.7 Å². The van der Waals surface area contributed by atoms with Crippen LogP contribution in [0.3, 0.4) is 0 Å². The van der Waals surface area contributed by atoms with Gasteiger partial charge >= 0.3 is 0 Å². The topological polar surface area (TPSA) is 94.3 Å². The van der Waals surface area contributed by atoms with E-state index in [9.17, 15) is 8.42 Å². The smallest absolute Gasteiger partial charge is 0.261 e. The van der Waals surface area contributed by atoms with Crippen LogP contribution in [0.1, 0.15) is 18.4 Å². The molecule has 0 amide bonds. The largest absolute Gasteiger partial charge is 0.496 e. The molecule has 0 spiro atoms. The van der Waals surface area contributed by atoms with Crippen LogP contribution in [0, 0.1) is 6.92 Å². The van der Waals surface area contributed by atoms with E-state index in [1.807, 2.05) is 19.1 Å². The summed E-state index contributed by atoms with van der Waals surface area (Å²) in [5.74, 6) is 1.10. The average Bonchev–Trinajstić information content (AvgIpc) is 3.07. The normalized spacial score (nSPS) is 11.3. The molecule has 26 heavy (non-hydrogen) atoms. The van der Waals surface area contributed by atoms with Gasteiger partial charge in [-0.05, 0) is 42.3 Å². The molecule has 0 aliphatic carbocycles. The zero-order valence-electron chi connectivity index (χ0n) is 14.7. The van der Waals surface area contributed by atoms with Gasteiger partial charge in [-0.1, -0.05) is 24.2 Å². The number of hydrogen-bond acceptors (Lipinski definition) is 6. The summed E-state index contributed by atoms with van der Waals surface area (Å²) in [6.45, 7) is 3.70. The Kier molecular flexibility index (Phi) is 4.94. The molecule has 2 aromatic carbocycles. The van der Waals surface area contributed by atoms with E-state index in [0.717, 1.165) is 12.0 Å². The highest BCUT2D eigenvalue weighted by molar-refractivity contribution is 7.92. The molecule has 0 unspecified atom stereocenters. The first-order valence-corrected chi connectivity index (χ1v) is 9.51. The monoisotopic (exact) mass is 373 g/mol. The van der Waals surface area contributed by atoms with Gasteiger partial charge in [-0.2, -0.15) is 4.98 Å². The summed E-state index contributed by atoms with van der Waals surface area (Å²) in [6.07, 6.45) is 0.888. The number of benzene rings is 2. The minimum absolute atomic E-state index is 0.0790. The Bertz CT molecular complexity index is 1010. The van der Waals surface area contributed by atoms with E-state index in [0.29, 0.717) is 22.9 Å². The predicted octanol–water partition coefficient (Wildman–Crippen LogP) is 3.42. The van der Waals surface area contributed by atoms with Crippen LogP contribution in [0.25, 0.3) is 11.4 Å². The molecule has 3 aromatic rings. The lowest BCUT2D eigenvalue weighted by Gasteiger charge is -2.11. The van der Waals surface area contributed by atoms with Crippen molar-refractivity contribution in [2.45, 2.75) is 25.2 Å². The summed E-state index contributed by atoms with van der Waals surface area (Å²) in [7, 11) is -2.28. The molecule has 1 aromatic heterocycles. The van der Waals surface area contributed by atoms with Crippen molar-refractivity contribution in [2.24, 2.45) is 0 Å². The fourth-order valence-corrected chi connectivity index (χ4v) is 3.54. The average molecular weight is 373 g/mol. The first kappa shape index (κ1) is 17.9. The van der Waals surface area contributed by atoms with Crippen LogP contribution in [-0.4, -0.2) is 25.7 Å². The van der Waals surface area contributed by atoms with Crippen LogP contribution in [0.15, 0.2) is 51.9 Å². The maximum atomic E-state index is 12.7. The second-order valence-electron chi connectivity index (χ2n) is 5.66. The summed E-state index contributed by atoms with van der Waals surface area (Å²) < 4.78 is 38.3. The van der Waals surface area contributed by atoms with Crippen molar-refractivity contribution in [3.8, 4) is 17.1 Å². The van der Waals surface area contributed by atoms with Crippen molar-refractivity contribution in [1.29, 1.82) is 0 Å². The third kappa shape index (κ3) is 3.70. The number of rotatable bonds is 6. The lowest BCUT2D eigenvalue weighted by Crippen LogP contribution is -2.13. The third-order valence-corrected chi connectivity index (χ3v) is 5.24. The van der Waals surface area contributed by atoms with E-state index in [-0.39, 0.29) is 10.7 Å². The molecule has 0 saturated heterocycles. The van der Waals surface area contributed by atoms with Gasteiger partial charge in [0.2, 0.25) is 11.7 Å². The van der Waals surface area contributed by atoms with Crippen molar-refractivity contribution in [2.75, 3.05) is 11.8 Å². The molecule has 0 aliphatic rings. The summed E-state index contributed by atoms with van der Waals surface area (Å²) in [5, 5.41) is 3.84. The fourth-order valence-electron chi connectivity index (χ4n) is 2.46. The van der Waals surface area contributed by atoms with E-state index >= 15 is 0 Å². The van der Waals surface area contributed by atoms with Crippen LogP contribution in [0.4, 0.5) is 5.69 Å². The van der Waals surface area contributed by atoms with Gasteiger partial charge in [-0.25, -0.2) is 8.42 Å². The van der Waals surface area contributed by atoms with Gasteiger partial charge in [0.05, 0.1) is 17.6 Å². The highest BCUT2D eigenvalue weighted by Gasteiger charge is 2.19. The van der Waals surface area contributed by atoms with Crippen LogP contribution < -0.4 is 9.46 Å². The van der Waals surface area contributed by atoms with Gasteiger partial charge in [0.25, 0.3) is 10.0 Å². The van der Waals surface area contributed by atoms with Crippen LogP contribution >= 0.6 is 0 Å². The van der Waals surface area contributed by atoms with Crippen molar-refractivity contribution in [1.82, 2.24) is 10.1 Å². The molecule has 0 bridgehead atoms. The van der Waals surface area contributed by atoms with Crippen molar-refractivity contribution in [3.05, 3.63) is 53.9 Å². The van der Waals surface area contributed by atoms with E-state index in [1.54, 1.807) is 25.1 Å². The molecule has 3 rings (SSSR count). The minimum Gasteiger partial charge on any atom is -0.496 e. The number of hydrogen-bond donors (Lipinski definition) is 1. The highest BCUT2D eigenvalue weighted by atomic mass is 32.2. The van der Waals surface area contributed by atoms with Gasteiger partial charge in [0, 0.05) is 12.6 Å². The SMILES string of the molecule is CCc1ccc(NS(=O)(=O)c2ccc(OC)c(-c3noc(C)n3)c2)cc1. The Balaban J connectivity index is 1.96. The number of nitrogens with one attached hydrogen (secondary N) is 1. The van der Waals surface area contributed by atoms with Gasteiger partial charge < -0.3 is 9.26 Å². The lowest BCUT2D eigenvalue weighted by molar-refractivity contribution is 0.392. The van der Waals surface area contributed by atoms with Gasteiger partial charge in [-0.15, -0.1) is 0 Å². The number of ether oxygens (including phenoxy) is 1.